The number of rotatable bonds is 10. The van der Waals surface area contributed by atoms with Crippen LogP contribution in [-0.4, -0.2) is 55.1 Å². The van der Waals surface area contributed by atoms with Crippen molar-refractivity contribution in [1.82, 2.24) is 18.9 Å². The first-order valence-electron chi connectivity index (χ1n) is 11.8. The van der Waals surface area contributed by atoms with E-state index < -0.39 is 21.9 Å². The van der Waals surface area contributed by atoms with E-state index >= 15 is 0 Å². The zero-order chi connectivity index (χ0) is 27.3. The van der Waals surface area contributed by atoms with Crippen LogP contribution < -0.4 is 4.72 Å². The van der Waals surface area contributed by atoms with Gasteiger partial charge >= 0.3 is 10.2 Å². The summed E-state index contributed by atoms with van der Waals surface area (Å²) in [6.07, 6.45) is 1.43. The second-order valence-corrected chi connectivity index (χ2v) is 11.6. The number of carbonyl (C=O) groups excluding carboxylic acids is 2. The number of carbonyl (C=O) groups is 2. The van der Waals surface area contributed by atoms with Crippen molar-refractivity contribution in [3.05, 3.63) is 99.8 Å². The molecule has 198 valence electrons. The van der Waals surface area contributed by atoms with Crippen molar-refractivity contribution in [3.8, 4) is 0 Å². The molecule has 38 heavy (non-hydrogen) atoms. The van der Waals surface area contributed by atoms with Gasteiger partial charge in [0.25, 0.3) is 11.8 Å². The number of amides is 2. The molecule has 0 fully saturated rings. The predicted octanol–water partition coefficient (Wildman–Crippen LogP) is 4.25. The number of thiazole rings is 1. The molecule has 11 heteroatoms. The molecular weight excluding hydrogens is 527 g/mol. The van der Waals surface area contributed by atoms with Crippen LogP contribution in [0, 0.1) is 5.82 Å². The number of nitrogens with zero attached hydrogens (tertiary/aromatic N) is 3. The Morgan fingerprint density at radius 3 is 2.37 bits per heavy atom. The van der Waals surface area contributed by atoms with Crippen LogP contribution in [0.5, 0.6) is 0 Å². The average Bonchev–Trinajstić information content (AvgIpc) is 3.37. The van der Waals surface area contributed by atoms with E-state index in [-0.39, 0.29) is 18.1 Å². The Morgan fingerprint density at radius 2 is 1.66 bits per heavy atom. The lowest BCUT2D eigenvalue weighted by atomic mass is 10.0. The van der Waals surface area contributed by atoms with Crippen LogP contribution in [0.2, 0.25) is 0 Å². The third-order valence-corrected chi connectivity index (χ3v) is 8.18. The molecule has 0 unspecified atom stereocenters. The highest BCUT2D eigenvalue weighted by atomic mass is 32.2. The minimum atomic E-state index is -3.97. The van der Waals surface area contributed by atoms with Crippen molar-refractivity contribution in [1.29, 1.82) is 0 Å². The number of aryl methyl sites for hydroxylation is 1. The first-order chi connectivity index (χ1) is 18.2. The Bertz CT molecular complexity index is 1560. The van der Waals surface area contributed by atoms with Crippen molar-refractivity contribution in [2.24, 2.45) is 0 Å². The summed E-state index contributed by atoms with van der Waals surface area (Å²) in [5.41, 5.74) is 1.45. The number of benzene rings is 3. The summed E-state index contributed by atoms with van der Waals surface area (Å²) < 4.78 is 41.2. The van der Waals surface area contributed by atoms with Crippen molar-refractivity contribution >= 4 is 44.1 Å². The van der Waals surface area contributed by atoms with Crippen molar-refractivity contribution in [2.75, 3.05) is 20.6 Å². The van der Waals surface area contributed by atoms with Gasteiger partial charge in [-0.05, 0) is 35.9 Å². The van der Waals surface area contributed by atoms with Gasteiger partial charge in [0.2, 0.25) is 0 Å². The number of hydrogen-bond donors (Lipinski definition) is 1. The molecule has 2 amide bonds. The molecule has 0 bridgehead atoms. The number of fused-ring (bicyclic) bond motifs is 1. The van der Waals surface area contributed by atoms with E-state index in [1.165, 1.54) is 31.6 Å². The Morgan fingerprint density at radius 1 is 0.974 bits per heavy atom. The van der Waals surface area contributed by atoms with Gasteiger partial charge in [0, 0.05) is 37.0 Å². The van der Waals surface area contributed by atoms with Gasteiger partial charge in [-0.3, -0.25) is 9.59 Å². The quantitative estimate of drug-likeness (QED) is 0.316. The fraction of sp³-hybridized carbons (Fsp3) is 0.222. The fourth-order valence-corrected chi connectivity index (χ4v) is 5.21. The maximum Gasteiger partial charge on any atom is 0.303 e. The van der Waals surface area contributed by atoms with Gasteiger partial charge in [-0.15, -0.1) is 11.3 Å². The van der Waals surface area contributed by atoms with Gasteiger partial charge in [0.1, 0.15) is 16.5 Å². The highest BCUT2D eigenvalue weighted by Gasteiger charge is 2.23. The van der Waals surface area contributed by atoms with E-state index in [2.05, 4.69) is 4.98 Å². The molecule has 0 spiro atoms. The summed E-state index contributed by atoms with van der Waals surface area (Å²) in [5, 5.41) is 2.80. The molecule has 0 aliphatic heterocycles. The fourth-order valence-electron chi connectivity index (χ4n) is 3.90. The zero-order valence-corrected chi connectivity index (χ0v) is 22.6. The van der Waals surface area contributed by atoms with Gasteiger partial charge in [-0.2, -0.15) is 12.7 Å². The highest BCUT2D eigenvalue weighted by molar-refractivity contribution is 7.87. The van der Waals surface area contributed by atoms with Crippen LogP contribution in [0.15, 0.2) is 72.1 Å². The van der Waals surface area contributed by atoms with Crippen LogP contribution in [0.4, 0.5) is 4.39 Å². The molecular formula is C27H27FN4O4S2. The Labute approximate surface area is 224 Å². The van der Waals surface area contributed by atoms with Crippen molar-refractivity contribution in [2.45, 2.75) is 19.4 Å². The number of aromatic nitrogens is 1. The lowest BCUT2D eigenvalue weighted by Crippen LogP contribution is -2.39. The van der Waals surface area contributed by atoms with Gasteiger partial charge in [-0.1, -0.05) is 54.6 Å². The van der Waals surface area contributed by atoms with E-state index in [0.717, 1.165) is 27.6 Å². The molecule has 1 heterocycles. The smallest absolute Gasteiger partial charge is 0.303 e. The number of halogens is 1. The van der Waals surface area contributed by atoms with E-state index in [9.17, 15) is 22.4 Å². The monoisotopic (exact) mass is 554 g/mol. The Hall–Kier alpha value is -3.67. The molecule has 0 saturated carbocycles. The highest BCUT2D eigenvalue weighted by Crippen LogP contribution is 2.24. The van der Waals surface area contributed by atoms with Crippen molar-refractivity contribution < 1.29 is 22.4 Å². The molecule has 4 aromatic rings. The summed E-state index contributed by atoms with van der Waals surface area (Å²) in [5.74, 6) is -1.55. The molecule has 0 saturated heterocycles. The first-order valence-corrected chi connectivity index (χ1v) is 14.2. The van der Waals surface area contributed by atoms with E-state index in [1.807, 2.05) is 35.1 Å². The topological polar surface area (TPSA) is 99.7 Å². The second-order valence-electron chi connectivity index (χ2n) is 8.80. The van der Waals surface area contributed by atoms with Gasteiger partial charge in [0.05, 0.1) is 6.54 Å². The van der Waals surface area contributed by atoms with E-state index in [0.29, 0.717) is 34.3 Å². The summed E-state index contributed by atoms with van der Waals surface area (Å²) in [6, 6.07) is 19.5. The normalized spacial score (nSPS) is 11.6. The molecule has 3 aromatic carbocycles. The average molecular weight is 555 g/mol. The third kappa shape index (κ3) is 6.42. The summed E-state index contributed by atoms with van der Waals surface area (Å²) in [6.45, 7) is 0.507. The lowest BCUT2D eigenvalue weighted by molar-refractivity contribution is 0.0743. The van der Waals surface area contributed by atoms with Crippen LogP contribution in [0.25, 0.3) is 10.8 Å². The first kappa shape index (κ1) is 27.4. The lowest BCUT2D eigenvalue weighted by Gasteiger charge is -2.23. The Balaban J connectivity index is 1.58. The second kappa shape index (κ2) is 11.8. The summed E-state index contributed by atoms with van der Waals surface area (Å²) in [4.78, 5) is 32.1. The molecule has 1 N–H and O–H groups in total. The minimum absolute atomic E-state index is 0.0562. The maximum absolute atomic E-state index is 14.4. The predicted molar refractivity (Wildman–Crippen MR) is 146 cm³/mol. The maximum atomic E-state index is 14.4. The van der Waals surface area contributed by atoms with E-state index in [1.54, 1.807) is 29.2 Å². The van der Waals surface area contributed by atoms with Crippen LogP contribution >= 0.6 is 11.3 Å². The molecule has 0 aliphatic rings. The van der Waals surface area contributed by atoms with Gasteiger partial charge < -0.3 is 4.90 Å². The largest absolute Gasteiger partial charge is 0.332 e. The van der Waals surface area contributed by atoms with Gasteiger partial charge in [-0.25, -0.2) is 14.1 Å². The third-order valence-electron chi connectivity index (χ3n) is 5.94. The molecule has 0 aliphatic carbocycles. The van der Waals surface area contributed by atoms with Crippen molar-refractivity contribution in [3.63, 3.8) is 0 Å². The Kier molecular flexibility index (Phi) is 8.50. The summed E-state index contributed by atoms with van der Waals surface area (Å²) >= 11 is 1.15. The summed E-state index contributed by atoms with van der Waals surface area (Å²) in [7, 11) is -1.36. The standard InChI is InChI=1S/C27H27FN4O4S2/c1-31(2)38(35,36)30-26(33)24-18-37-25(29-24)17-32(16-8-11-19-9-4-3-5-10-19)27(34)22-14-15-23(28)21-13-7-6-12-20(21)22/h3-7,9-10,12-15,18H,8,11,16-17H2,1-2H3,(H,30,33). The number of hydrogen-bond acceptors (Lipinski definition) is 6. The zero-order valence-electron chi connectivity index (χ0n) is 20.9. The molecule has 0 radical (unpaired) electrons. The van der Waals surface area contributed by atoms with Gasteiger partial charge in [0.15, 0.2) is 0 Å². The van der Waals surface area contributed by atoms with Crippen LogP contribution in [0.1, 0.15) is 37.8 Å². The SMILES string of the molecule is CN(C)S(=O)(=O)NC(=O)c1csc(CN(CCCc2ccccc2)C(=O)c2ccc(F)c3ccccc23)n1. The number of nitrogens with one attached hydrogen (secondary N) is 1. The molecule has 4 rings (SSSR count). The van der Waals surface area contributed by atoms with E-state index in [4.69, 9.17) is 0 Å². The minimum Gasteiger partial charge on any atom is -0.332 e. The molecule has 1 aromatic heterocycles. The van der Waals surface area contributed by atoms with Crippen LogP contribution in [-0.2, 0) is 23.2 Å². The molecule has 8 nitrogen and oxygen atoms in total. The molecule has 0 atom stereocenters. The van der Waals surface area contributed by atoms with Crippen LogP contribution in [0.3, 0.4) is 0 Å².